The second kappa shape index (κ2) is 6.17. The summed E-state index contributed by atoms with van der Waals surface area (Å²) in [6.45, 7) is 1.98. The lowest BCUT2D eigenvalue weighted by atomic mass is 10.1. The van der Waals surface area contributed by atoms with Crippen LogP contribution in [0, 0.1) is 0 Å². The molecule has 0 fully saturated rings. The Bertz CT molecular complexity index is 679. The van der Waals surface area contributed by atoms with Crippen LogP contribution >= 0.6 is 0 Å². The maximum absolute atomic E-state index is 12.0. The van der Waals surface area contributed by atoms with E-state index in [2.05, 4.69) is 15.0 Å². The molecule has 0 amide bonds. The van der Waals surface area contributed by atoms with Gasteiger partial charge in [0.15, 0.2) is 5.69 Å². The smallest absolute Gasteiger partial charge is 0.361 e. The number of hydrogen-bond acceptors (Lipinski definition) is 6. The topological polar surface area (TPSA) is 83.3 Å². The highest BCUT2D eigenvalue weighted by molar-refractivity contribution is 6.00. The molecule has 0 saturated heterocycles. The van der Waals surface area contributed by atoms with Gasteiger partial charge < -0.3 is 9.47 Å². The fraction of sp³-hybridized carbons (Fsp3) is 0.286. The molecular weight excluding hydrogens is 274 g/mol. The van der Waals surface area contributed by atoms with E-state index in [0.717, 1.165) is 12.0 Å². The summed E-state index contributed by atoms with van der Waals surface area (Å²) in [5, 5.41) is 7.64. The molecule has 0 bridgehead atoms. The van der Waals surface area contributed by atoms with Crippen molar-refractivity contribution >= 4 is 11.9 Å². The molecule has 0 aliphatic carbocycles. The summed E-state index contributed by atoms with van der Waals surface area (Å²) >= 11 is 0. The summed E-state index contributed by atoms with van der Waals surface area (Å²) in [5.74, 6) is -1.44. The second-order valence-electron chi connectivity index (χ2n) is 4.16. The van der Waals surface area contributed by atoms with Gasteiger partial charge in [0.1, 0.15) is 0 Å². The molecule has 7 nitrogen and oxygen atoms in total. The molecule has 7 heteroatoms. The highest BCUT2D eigenvalue weighted by atomic mass is 16.5. The molecule has 0 unspecified atom stereocenters. The molecule has 1 aromatic carbocycles. The lowest BCUT2D eigenvalue weighted by Gasteiger charge is -2.09. The predicted molar refractivity (Wildman–Crippen MR) is 73.4 cm³/mol. The van der Waals surface area contributed by atoms with Crippen LogP contribution in [0.2, 0.25) is 0 Å². The van der Waals surface area contributed by atoms with Crippen molar-refractivity contribution in [2.45, 2.75) is 13.3 Å². The summed E-state index contributed by atoms with van der Waals surface area (Å²) in [6.07, 6.45) is 0.740. The van der Waals surface area contributed by atoms with Gasteiger partial charge in [-0.3, -0.25) is 0 Å². The van der Waals surface area contributed by atoms with Crippen LogP contribution in [0.15, 0.2) is 24.3 Å². The number of para-hydroxylation sites is 1. The molecule has 0 aliphatic rings. The largest absolute Gasteiger partial charge is 0.464 e. The zero-order valence-corrected chi connectivity index (χ0v) is 12.0. The van der Waals surface area contributed by atoms with Gasteiger partial charge >= 0.3 is 11.9 Å². The first-order chi connectivity index (χ1) is 10.1. The van der Waals surface area contributed by atoms with Crippen molar-refractivity contribution in [3.05, 3.63) is 41.2 Å². The zero-order chi connectivity index (χ0) is 15.4. The Morgan fingerprint density at radius 3 is 2.43 bits per heavy atom. The Morgan fingerprint density at radius 2 is 1.81 bits per heavy atom. The minimum atomic E-state index is -0.740. The molecule has 0 spiro atoms. The zero-order valence-electron chi connectivity index (χ0n) is 12.0. The number of ether oxygens (including phenoxy) is 2. The molecule has 0 N–H and O–H groups in total. The van der Waals surface area contributed by atoms with Crippen LogP contribution in [0.3, 0.4) is 0 Å². The fourth-order valence-corrected chi connectivity index (χ4v) is 1.98. The third-order valence-corrected chi connectivity index (χ3v) is 3.03. The van der Waals surface area contributed by atoms with E-state index >= 15 is 0 Å². The predicted octanol–water partition coefficient (Wildman–Crippen LogP) is 1.40. The van der Waals surface area contributed by atoms with Gasteiger partial charge in [0.25, 0.3) is 0 Å². The van der Waals surface area contributed by atoms with Crippen LogP contribution < -0.4 is 0 Å². The third-order valence-electron chi connectivity index (χ3n) is 3.03. The minimum Gasteiger partial charge on any atom is -0.464 e. The number of esters is 2. The molecule has 110 valence electrons. The van der Waals surface area contributed by atoms with Gasteiger partial charge in [-0.1, -0.05) is 30.3 Å². The van der Waals surface area contributed by atoms with Crippen LogP contribution in [-0.4, -0.2) is 41.2 Å². The Labute approximate surface area is 121 Å². The summed E-state index contributed by atoms with van der Waals surface area (Å²) in [5.41, 5.74) is 1.41. The monoisotopic (exact) mass is 289 g/mol. The molecule has 0 aliphatic heterocycles. The van der Waals surface area contributed by atoms with Crippen LogP contribution in [-0.2, 0) is 15.9 Å². The molecule has 1 heterocycles. The lowest BCUT2D eigenvalue weighted by Crippen LogP contribution is -2.16. The van der Waals surface area contributed by atoms with E-state index in [9.17, 15) is 9.59 Å². The summed E-state index contributed by atoms with van der Waals surface area (Å²) in [6, 6.07) is 7.41. The number of aromatic nitrogens is 3. The van der Waals surface area contributed by atoms with Crippen molar-refractivity contribution in [3.63, 3.8) is 0 Å². The van der Waals surface area contributed by atoms with Crippen molar-refractivity contribution in [1.29, 1.82) is 0 Å². The molecule has 0 saturated carbocycles. The average molecular weight is 289 g/mol. The van der Waals surface area contributed by atoms with E-state index in [0.29, 0.717) is 5.69 Å². The Hall–Kier alpha value is -2.70. The third kappa shape index (κ3) is 2.62. The lowest BCUT2D eigenvalue weighted by molar-refractivity contribution is 0.0546. The maximum atomic E-state index is 12.0. The summed E-state index contributed by atoms with van der Waals surface area (Å²) < 4.78 is 10.6. The number of methoxy groups -OCH3 is 2. The Kier molecular flexibility index (Phi) is 4.32. The van der Waals surface area contributed by atoms with E-state index < -0.39 is 11.9 Å². The number of nitrogens with zero attached hydrogens (tertiary/aromatic N) is 3. The van der Waals surface area contributed by atoms with E-state index in [1.807, 2.05) is 25.1 Å². The van der Waals surface area contributed by atoms with Gasteiger partial charge in [-0.05, 0) is 18.1 Å². The number of carbonyl (C=O) groups is 2. The van der Waals surface area contributed by atoms with E-state index in [1.54, 1.807) is 6.07 Å². The van der Waals surface area contributed by atoms with Crippen LogP contribution in [0.25, 0.3) is 5.69 Å². The fourth-order valence-electron chi connectivity index (χ4n) is 1.98. The van der Waals surface area contributed by atoms with Crippen LogP contribution in [0.1, 0.15) is 33.5 Å². The van der Waals surface area contributed by atoms with Gasteiger partial charge in [-0.25, -0.2) is 14.3 Å². The number of benzene rings is 1. The first kappa shape index (κ1) is 14.7. The van der Waals surface area contributed by atoms with Crippen molar-refractivity contribution in [2.75, 3.05) is 14.2 Å². The molecule has 0 atom stereocenters. The SMILES string of the molecule is CCc1ccccc1-n1nnc(C(=O)OC)c1C(=O)OC. The van der Waals surface area contributed by atoms with Gasteiger partial charge in [-0.2, -0.15) is 0 Å². The van der Waals surface area contributed by atoms with Gasteiger partial charge in [-0.15, -0.1) is 5.10 Å². The number of carbonyl (C=O) groups excluding carboxylic acids is 2. The van der Waals surface area contributed by atoms with Crippen LogP contribution in [0.4, 0.5) is 0 Å². The van der Waals surface area contributed by atoms with Crippen molar-refractivity contribution in [2.24, 2.45) is 0 Å². The van der Waals surface area contributed by atoms with Crippen molar-refractivity contribution in [3.8, 4) is 5.69 Å². The Morgan fingerprint density at radius 1 is 1.14 bits per heavy atom. The highest BCUT2D eigenvalue weighted by Crippen LogP contribution is 2.19. The van der Waals surface area contributed by atoms with Crippen LogP contribution in [0.5, 0.6) is 0 Å². The summed E-state index contributed by atoms with van der Waals surface area (Å²) in [4.78, 5) is 23.7. The van der Waals surface area contributed by atoms with E-state index in [4.69, 9.17) is 4.74 Å². The normalized spacial score (nSPS) is 10.2. The van der Waals surface area contributed by atoms with Crippen molar-refractivity contribution < 1.29 is 19.1 Å². The van der Waals surface area contributed by atoms with Crippen molar-refractivity contribution in [1.82, 2.24) is 15.0 Å². The quantitative estimate of drug-likeness (QED) is 0.791. The summed E-state index contributed by atoms with van der Waals surface area (Å²) in [7, 11) is 2.44. The van der Waals surface area contributed by atoms with Gasteiger partial charge in [0.05, 0.1) is 19.9 Å². The first-order valence-corrected chi connectivity index (χ1v) is 6.34. The van der Waals surface area contributed by atoms with E-state index in [-0.39, 0.29) is 11.4 Å². The standard InChI is InChI=1S/C14H15N3O4/c1-4-9-7-5-6-8-10(9)17-12(14(19)21-3)11(15-16-17)13(18)20-2/h5-8H,4H2,1-3H3. The number of hydrogen-bond donors (Lipinski definition) is 0. The first-order valence-electron chi connectivity index (χ1n) is 6.34. The molecule has 2 rings (SSSR count). The number of aryl methyl sites for hydroxylation is 1. The van der Waals surface area contributed by atoms with Gasteiger partial charge in [0, 0.05) is 0 Å². The Balaban J connectivity index is 2.67. The molecular formula is C14H15N3O4. The average Bonchev–Trinajstić information content (AvgIpc) is 2.97. The molecule has 0 radical (unpaired) electrons. The van der Waals surface area contributed by atoms with E-state index in [1.165, 1.54) is 18.9 Å². The second-order valence-corrected chi connectivity index (χ2v) is 4.16. The maximum Gasteiger partial charge on any atom is 0.361 e. The van der Waals surface area contributed by atoms with Gasteiger partial charge in [0.2, 0.25) is 5.69 Å². The molecule has 1 aromatic heterocycles. The number of rotatable bonds is 4. The molecule has 2 aromatic rings. The minimum absolute atomic E-state index is 0.0507. The highest BCUT2D eigenvalue weighted by Gasteiger charge is 2.28. The molecule has 21 heavy (non-hydrogen) atoms.